The predicted octanol–water partition coefficient (Wildman–Crippen LogP) is 2.21. The van der Waals surface area contributed by atoms with E-state index >= 15 is 0 Å². The minimum atomic E-state index is 0.0240. The molecular formula is C11H12BrNO2. The lowest BCUT2D eigenvalue weighted by Gasteiger charge is -2.11. The molecule has 2 N–H and O–H groups in total. The Bertz CT molecular complexity index is 415. The molecule has 1 saturated carbocycles. The van der Waals surface area contributed by atoms with Gasteiger partial charge in [0.25, 0.3) is 0 Å². The number of ether oxygens (including phenoxy) is 2. The first kappa shape index (κ1) is 9.48. The SMILES string of the molecule is NC1(Cc2cc3c(cc2Br)OCO3)CC1. The third-order valence-corrected chi connectivity index (χ3v) is 3.71. The number of halogens is 1. The molecule has 15 heavy (non-hydrogen) atoms. The van der Waals surface area contributed by atoms with Gasteiger partial charge in [0.05, 0.1) is 0 Å². The van der Waals surface area contributed by atoms with Crippen LogP contribution in [0.2, 0.25) is 0 Å². The van der Waals surface area contributed by atoms with Gasteiger partial charge in [-0.2, -0.15) is 0 Å². The molecule has 80 valence electrons. The predicted molar refractivity (Wildman–Crippen MR) is 60.1 cm³/mol. The van der Waals surface area contributed by atoms with Gasteiger partial charge in [-0.25, -0.2) is 0 Å². The monoisotopic (exact) mass is 269 g/mol. The van der Waals surface area contributed by atoms with Crippen molar-refractivity contribution < 1.29 is 9.47 Å². The van der Waals surface area contributed by atoms with Crippen LogP contribution in [0.1, 0.15) is 18.4 Å². The molecule has 0 spiro atoms. The lowest BCUT2D eigenvalue weighted by Crippen LogP contribution is -2.24. The summed E-state index contributed by atoms with van der Waals surface area (Å²) in [5.74, 6) is 1.64. The normalized spacial score (nSPS) is 20.4. The van der Waals surface area contributed by atoms with Crippen molar-refractivity contribution in [2.45, 2.75) is 24.8 Å². The van der Waals surface area contributed by atoms with E-state index in [2.05, 4.69) is 15.9 Å². The molecule has 3 rings (SSSR count). The molecule has 0 amide bonds. The van der Waals surface area contributed by atoms with Crippen LogP contribution in [0.5, 0.6) is 11.5 Å². The van der Waals surface area contributed by atoms with E-state index in [1.54, 1.807) is 0 Å². The highest BCUT2D eigenvalue weighted by Gasteiger charge is 2.38. The van der Waals surface area contributed by atoms with Gasteiger partial charge >= 0.3 is 0 Å². The van der Waals surface area contributed by atoms with E-state index in [1.807, 2.05) is 12.1 Å². The Labute approximate surface area is 96.7 Å². The summed E-state index contributed by atoms with van der Waals surface area (Å²) in [6, 6.07) is 3.99. The highest BCUT2D eigenvalue weighted by Crippen LogP contribution is 2.41. The second-order valence-electron chi connectivity index (χ2n) is 4.34. The molecule has 1 fully saturated rings. The van der Waals surface area contributed by atoms with Crippen molar-refractivity contribution in [1.82, 2.24) is 0 Å². The topological polar surface area (TPSA) is 44.5 Å². The quantitative estimate of drug-likeness (QED) is 0.896. The second-order valence-corrected chi connectivity index (χ2v) is 5.19. The Morgan fingerprint density at radius 1 is 1.27 bits per heavy atom. The Morgan fingerprint density at radius 3 is 2.60 bits per heavy atom. The van der Waals surface area contributed by atoms with E-state index in [9.17, 15) is 0 Å². The van der Waals surface area contributed by atoms with Crippen molar-refractivity contribution in [3.8, 4) is 11.5 Å². The molecule has 4 heteroatoms. The Balaban J connectivity index is 1.94. The zero-order valence-corrected chi connectivity index (χ0v) is 9.84. The lowest BCUT2D eigenvalue weighted by molar-refractivity contribution is 0.174. The molecule has 1 aliphatic carbocycles. The number of hydrogen-bond acceptors (Lipinski definition) is 3. The van der Waals surface area contributed by atoms with Gasteiger partial charge in [0.1, 0.15) is 0 Å². The average Bonchev–Trinajstić information content (AvgIpc) is 2.74. The van der Waals surface area contributed by atoms with Crippen LogP contribution < -0.4 is 15.2 Å². The Kier molecular flexibility index (Phi) is 1.97. The van der Waals surface area contributed by atoms with E-state index in [4.69, 9.17) is 15.2 Å². The standard InChI is InChI=1S/C11H12BrNO2/c12-8-4-10-9(14-6-15-10)3-7(8)5-11(13)1-2-11/h3-4H,1-2,5-6,13H2. The molecule has 0 aromatic heterocycles. The van der Waals surface area contributed by atoms with Crippen LogP contribution in [0.3, 0.4) is 0 Å². The van der Waals surface area contributed by atoms with E-state index in [0.717, 1.165) is 35.2 Å². The van der Waals surface area contributed by atoms with Gasteiger partial charge in [-0.15, -0.1) is 0 Å². The molecule has 0 atom stereocenters. The number of rotatable bonds is 2. The Hall–Kier alpha value is -0.740. The molecule has 3 nitrogen and oxygen atoms in total. The number of hydrogen-bond donors (Lipinski definition) is 1. The molecule has 1 aliphatic heterocycles. The van der Waals surface area contributed by atoms with Crippen molar-refractivity contribution in [2.24, 2.45) is 5.73 Å². The van der Waals surface area contributed by atoms with Crippen LogP contribution in [-0.2, 0) is 6.42 Å². The summed E-state index contributed by atoms with van der Waals surface area (Å²) < 4.78 is 11.7. The van der Waals surface area contributed by atoms with Crippen molar-refractivity contribution in [3.05, 3.63) is 22.2 Å². The molecule has 0 saturated heterocycles. The average molecular weight is 270 g/mol. The van der Waals surface area contributed by atoms with Crippen LogP contribution in [0.4, 0.5) is 0 Å². The van der Waals surface area contributed by atoms with E-state index in [1.165, 1.54) is 5.56 Å². The summed E-state index contributed by atoms with van der Waals surface area (Å²) in [6.07, 6.45) is 3.14. The molecule has 0 unspecified atom stereocenters. The van der Waals surface area contributed by atoms with Gasteiger partial charge in [0.15, 0.2) is 11.5 Å². The fourth-order valence-corrected chi connectivity index (χ4v) is 2.27. The summed E-state index contributed by atoms with van der Waals surface area (Å²) in [6.45, 7) is 0.318. The van der Waals surface area contributed by atoms with E-state index < -0.39 is 0 Å². The van der Waals surface area contributed by atoms with Crippen LogP contribution in [0.25, 0.3) is 0 Å². The molecular weight excluding hydrogens is 258 g/mol. The smallest absolute Gasteiger partial charge is 0.231 e. The minimum absolute atomic E-state index is 0.0240. The zero-order valence-electron chi connectivity index (χ0n) is 8.25. The second kappa shape index (κ2) is 3.12. The fraction of sp³-hybridized carbons (Fsp3) is 0.455. The third kappa shape index (κ3) is 1.72. The molecule has 0 bridgehead atoms. The van der Waals surface area contributed by atoms with Crippen molar-refractivity contribution >= 4 is 15.9 Å². The lowest BCUT2D eigenvalue weighted by atomic mass is 10.0. The van der Waals surface area contributed by atoms with Gasteiger partial charge in [-0.1, -0.05) is 15.9 Å². The highest BCUT2D eigenvalue weighted by molar-refractivity contribution is 9.10. The summed E-state index contributed by atoms with van der Waals surface area (Å²) in [7, 11) is 0. The van der Waals surface area contributed by atoms with Crippen molar-refractivity contribution in [3.63, 3.8) is 0 Å². The van der Waals surface area contributed by atoms with Crippen LogP contribution in [0.15, 0.2) is 16.6 Å². The molecule has 1 aromatic rings. The summed E-state index contributed by atoms with van der Waals surface area (Å²) >= 11 is 3.54. The first-order valence-corrected chi connectivity index (χ1v) is 5.83. The number of fused-ring (bicyclic) bond motifs is 1. The van der Waals surface area contributed by atoms with E-state index in [-0.39, 0.29) is 5.54 Å². The molecule has 0 radical (unpaired) electrons. The van der Waals surface area contributed by atoms with Gasteiger partial charge in [-0.3, -0.25) is 0 Å². The maximum absolute atomic E-state index is 6.10. The summed E-state index contributed by atoms with van der Waals surface area (Å²) in [5.41, 5.74) is 7.33. The maximum atomic E-state index is 6.10. The highest BCUT2D eigenvalue weighted by atomic mass is 79.9. The largest absolute Gasteiger partial charge is 0.454 e. The van der Waals surface area contributed by atoms with Crippen LogP contribution in [-0.4, -0.2) is 12.3 Å². The maximum Gasteiger partial charge on any atom is 0.231 e. The zero-order chi connectivity index (χ0) is 10.5. The van der Waals surface area contributed by atoms with Gasteiger partial charge < -0.3 is 15.2 Å². The van der Waals surface area contributed by atoms with Gasteiger partial charge in [0, 0.05) is 10.0 Å². The van der Waals surface area contributed by atoms with Crippen molar-refractivity contribution in [2.75, 3.05) is 6.79 Å². The summed E-state index contributed by atoms with van der Waals surface area (Å²) in [4.78, 5) is 0. The minimum Gasteiger partial charge on any atom is -0.454 e. The fourth-order valence-electron chi connectivity index (χ4n) is 1.81. The third-order valence-electron chi connectivity index (χ3n) is 2.98. The van der Waals surface area contributed by atoms with E-state index in [0.29, 0.717) is 6.79 Å². The van der Waals surface area contributed by atoms with Gasteiger partial charge in [0.2, 0.25) is 6.79 Å². The Morgan fingerprint density at radius 2 is 1.93 bits per heavy atom. The first-order chi connectivity index (χ1) is 7.16. The van der Waals surface area contributed by atoms with Crippen molar-refractivity contribution in [1.29, 1.82) is 0 Å². The molecule has 2 aliphatic rings. The summed E-state index contributed by atoms with van der Waals surface area (Å²) in [5, 5.41) is 0. The number of benzene rings is 1. The molecule has 1 heterocycles. The van der Waals surface area contributed by atoms with Crippen LogP contribution in [0, 0.1) is 0 Å². The molecule has 1 aromatic carbocycles. The van der Waals surface area contributed by atoms with Gasteiger partial charge in [-0.05, 0) is 37.0 Å². The first-order valence-electron chi connectivity index (χ1n) is 5.03. The number of nitrogens with two attached hydrogens (primary N) is 1. The van der Waals surface area contributed by atoms with Crippen LogP contribution >= 0.6 is 15.9 Å².